The van der Waals surface area contributed by atoms with Crippen molar-refractivity contribution in [1.82, 2.24) is 15.0 Å². The molecule has 0 unspecified atom stereocenters. The lowest BCUT2D eigenvalue weighted by molar-refractivity contribution is 0.215. The van der Waals surface area contributed by atoms with Crippen LogP contribution in [0, 0.1) is 0 Å². The second kappa shape index (κ2) is 4.77. The van der Waals surface area contributed by atoms with Gasteiger partial charge in [-0.2, -0.15) is 0 Å². The molecule has 19 heavy (non-hydrogen) atoms. The number of benzene rings is 1. The van der Waals surface area contributed by atoms with E-state index in [1.54, 1.807) is 36.7 Å². The van der Waals surface area contributed by atoms with Crippen molar-refractivity contribution < 1.29 is 9.53 Å². The van der Waals surface area contributed by atoms with Crippen LogP contribution in [0.3, 0.4) is 0 Å². The maximum atomic E-state index is 11.7. The number of carbonyl (C=O) groups excluding carboxylic acids is 1. The van der Waals surface area contributed by atoms with Gasteiger partial charge in [0.05, 0.1) is 23.7 Å². The highest BCUT2D eigenvalue weighted by atomic mass is 16.6. The van der Waals surface area contributed by atoms with Crippen LogP contribution in [0.1, 0.15) is 0 Å². The molecule has 0 bridgehead atoms. The number of para-hydroxylation sites is 1. The number of H-pyrrole nitrogens is 1. The molecule has 6 heteroatoms. The number of aromatic nitrogens is 3. The summed E-state index contributed by atoms with van der Waals surface area (Å²) in [4.78, 5) is 22.7. The summed E-state index contributed by atoms with van der Waals surface area (Å²) >= 11 is 0. The molecule has 0 saturated heterocycles. The van der Waals surface area contributed by atoms with Gasteiger partial charge in [0, 0.05) is 0 Å². The van der Waals surface area contributed by atoms with Gasteiger partial charge in [0.1, 0.15) is 5.75 Å². The molecular weight excluding hydrogens is 244 g/mol. The van der Waals surface area contributed by atoms with Gasteiger partial charge in [0.2, 0.25) is 0 Å². The average molecular weight is 254 g/mol. The number of nitrogens with one attached hydrogen (secondary N) is 2. The first-order valence-corrected chi connectivity index (χ1v) is 5.64. The van der Waals surface area contributed by atoms with E-state index < -0.39 is 6.09 Å². The molecule has 2 aromatic heterocycles. The molecule has 2 heterocycles. The van der Waals surface area contributed by atoms with E-state index >= 15 is 0 Å². The van der Waals surface area contributed by atoms with Crippen LogP contribution in [0.25, 0.3) is 11.2 Å². The number of ether oxygens (including phenoxy) is 1. The molecule has 0 aliphatic rings. The minimum absolute atomic E-state index is 0.482. The largest absolute Gasteiger partial charge is 0.417 e. The number of fused-ring (bicyclic) bond motifs is 1. The Kier molecular flexibility index (Phi) is 2.82. The molecule has 3 aromatic rings. The first-order valence-electron chi connectivity index (χ1n) is 5.64. The first kappa shape index (κ1) is 11.2. The summed E-state index contributed by atoms with van der Waals surface area (Å²) in [5.74, 6) is 0.482. The number of aromatic amines is 1. The highest BCUT2D eigenvalue weighted by Gasteiger charge is 2.06. The number of hydrogen-bond acceptors (Lipinski definition) is 4. The lowest BCUT2D eigenvalue weighted by Crippen LogP contribution is -2.16. The van der Waals surface area contributed by atoms with Crippen molar-refractivity contribution in [3.05, 3.63) is 48.9 Å². The average Bonchev–Trinajstić information content (AvgIpc) is 2.87. The molecule has 1 aromatic carbocycles. The van der Waals surface area contributed by atoms with Crippen molar-refractivity contribution in [2.45, 2.75) is 0 Å². The van der Waals surface area contributed by atoms with Crippen molar-refractivity contribution in [3.63, 3.8) is 0 Å². The molecule has 3 rings (SSSR count). The Morgan fingerprint density at radius 1 is 1.21 bits per heavy atom. The molecule has 0 atom stereocenters. The summed E-state index contributed by atoms with van der Waals surface area (Å²) in [5.41, 5.74) is 1.89. The minimum Gasteiger partial charge on any atom is -0.410 e. The van der Waals surface area contributed by atoms with Gasteiger partial charge in [-0.1, -0.05) is 18.2 Å². The maximum Gasteiger partial charge on any atom is 0.417 e. The number of carbonyl (C=O) groups is 1. The van der Waals surface area contributed by atoms with E-state index in [9.17, 15) is 4.79 Å². The Morgan fingerprint density at radius 2 is 2.05 bits per heavy atom. The van der Waals surface area contributed by atoms with E-state index in [0.29, 0.717) is 17.1 Å². The number of imidazole rings is 1. The van der Waals surface area contributed by atoms with E-state index in [4.69, 9.17) is 4.74 Å². The highest BCUT2D eigenvalue weighted by Crippen LogP contribution is 2.14. The van der Waals surface area contributed by atoms with E-state index in [2.05, 4.69) is 20.3 Å². The lowest BCUT2D eigenvalue weighted by atomic mass is 10.3. The van der Waals surface area contributed by atoms with E-state index in [0.717, 1.165) is 5.52 Å². The van der Waals surface area contributed by atoms with E-state index in [1.807, 2.05) is 6.07 Å². The van der Waals surface area contributed by atoms with Crippen LogP contribution >= 0.6 is 0 Å². The Balaban J connectivity index is 1.72. The summed E-state index contributed by atoms with van der Waals surface area (Å²) in [5, 5.41) is 2.60. The Hall–Kier alpha value is -2.89. The summed E-state index contributed by atoms with van der Waals surface area (Å²) < 4.78 is 5.11. The molecule has 0 saturated carbocycles. The van der Waals surface area contributed by atoms with Crippen LogP contribution in [0.5, 0.6) is 5.75 Å². The Bertz CT molecular complexity index is 709. The fraction of sp³-hybridized carbons (Fsp3) is 0. The van der Waals surface area contributed by atoms with Gasteiger partial charge >= 0.3 is 6.09 Å². The van der Waals surface area contributed by atoms with Gasteiger partial charge in [-0.3, -0.25) is 5.32 Å². The topological polar surface area (TPSA) is 79.9 Å². The van der Waals surface area contributed by atoms with Crippen LogP contribution in [0.4, 0.5) is 10.5 Å². The third-order valence-corrected chi connectivity index (χ3v) is 2.47. The quantitative estimate of drug-likeness (QED) is 0.736. The predicted molar refractivity (Wildman–Crippen MR) is 70.0 cm³/mol. The minimum atomic E-state index is -0.563. The predicted octanol–water partition coefficient (Wildman–Crippen LogP) is 2.57. The zero-order chi connectivity index (χ0) is 13.1. The standard InChI is InChI=1S/C13H10N4O2/c18-13(19-10-4-2-1-3-5-10)17-9-6-11-12(14-7-9)16-8-15-11/h1-8H,(H,17,18)(H,14,15,16). The summed E-state index contributed by atoms with van der Waals surface area (Å²) in [6, 6.07) is 10.6. The maximum absolute atomic E-state index is 11.7. The first-order chi connectivity index (χ1) is 9.31. The van der Waals surface area contributed by atoms with Crippen LogP contribution < -0.4 is 10.1 Å². The second-order valence-corrected chi connectivity index (χ2v) is 3.83. The van der Waals surface area contributed by atoms with Gasteiger partial charge < -0.3 is 9.72 Å². The number of rotatable bonds is 2. The van der Waals surface area contributed by atoms with Gasteiger partial charge in [-0.15, -0.1) is 0 Å². The third-order valence-electron chi connectivity index (χ3n) is 2.47. The van der Waals surface area contributed by atoms with Crippen LogP contribution in [0.2, 0.25) is 0 Å². The smallest absolute Gasteiger partial charge is 0.410 e. The monoisotopic (exact) mass is 254 g/mol. The van der Waals surface area contributed by atoms with Crippen molar-refractivity contribution in [1.29, 1.82) is 0 Å². The lowest BCUT2D eigenvalue weighted by Gasteiger charge is -2.05. The fourth-order valence-electron chi connectivity index (χ4n) is 1.64. The van der Waals surface area contributed by atoms with Gasteiger partial charge in [0.15, 0.2) is 5.65 Å². The summed E-state index contributed by atoms with van der Waals surface area (Å²) in [6.45, 7) is 0. The normalized spacial score (nSPS) is 10.3. The highest BCUT2D eigenvalue weighted by molar-refractivity contribution is 5.88. The third kappa shape index (κ3) is 2.52. The molecule has 0 spiro atoms. The summed E-state index contributed by atoms with van der Waals surface area (Å²) in [6.07, 6.45) is 2.51. The zero-order valence-corrected chi connectivity index (χ0v) is 9.83. The number of nitrogens with zero attached hydrogens (tertiary/aromatic N) is 2. The molecule has 94 valence electrons. The summed E-state index contributed by atoms with van der Waals surface area (Å²) in [7, 11) is 0. The number of anilines is 1. The van der Waals surface area contributed by atoms with Crippen LogP contribution in [0.15, 0.2) is 48.9 Å². The van der Waals surface area contributed by atoms with Crippen LogP contribution in [-0.4, -0.2) is 21.0 Å². The van der Waals surface area contributed by atoms with Gasteiger partial charge in [-0.25, -0.2) is 14.8 Å². The van der Waals surface area contributed by atoms with Crippen molar-refractivity contribution in [3.8, 4) is 5.75 Å². The van der Waals surface area contributed by atoms with Crippen molar-refractivity contribution in [2.24, 2.45) is 0 Å². The van der Waals surface area contributed by atoms with E-state index in [-0.39, 0.29) is 0 Å². The molecular formula is C13H10N4O2. The number of pyridine rings is 1. The molecule has 2 N–H and O–H groups in total. The fourth-order valence-corrected chi connectivity index (χ4v) is 1.64. The molecule has 0 aliphatic carbocycles. The molecule has 0 aliphatic heterocycles. The Morgan fingerprint density at radius 3 is 2.89 bits per heavy atom. The van der Waals surface area contributed by atoms with Crippen LogP contribution in [-0.2, 0) is 0 Å². The van der Waals surface area contributed by atoms with Gasteiger partial charge in [0.25, 0.3) is 0 Å². The Labute approximate surface area is 108 Å². The van der Waals surface area contributed by atoms with Gasteiger partial charge in [-0.05, 0) is 18.2 Å². The molecule has 6 nitrogen and oxygen atoms in total. The SMILES string of the molecule is O=C(Nc1cnc2nc[nH]c2c1)Oc1ccccc1. The molecule has 0 radical (unpaired) electrons. The zero-order valence-electron chi connectivity index (χ0n) is 9.83. The second-order valence-electron chi connectivity index (χ2n) is 3.83. The van der Waals surface area contributed by atoms with Crippen molar-refractivity contribution in [2.75, 3.05) is 5.32 Å². The number of hydrogen-bond donors (Lipinski definition) is 2. The molecule has 1 amide bonds. The molecule has 0 fully saturated rings. The number of amides is 1. The van der Waals surface area contributed by atoms with Crippen molar-refractivity contribution >= 4 is 22.9 Å². The van der Waals surface area contributed by atoms with E-state index in [1.165, 1.54) is 6.20 Å².